The number of nitrogens with one attached hydrogen (secondary N) is 1. The largest absolute Gasteiger partial charge is 0.374 e. The fraction of sp³-hybridized carbons (Fsp3) is 0.600. The molecule has 1 atom stereocenters. The number of rotatable bonds is 2. The summed E-state index contributed by atoms with van der Waals surface area (Å²) in [7, 11) is 0. The van der Waals surface area contributed by atoms with Gasteiger partial charge in [0.2, 0.25) is 5.91 Å². The Labute approximate surface area is 48.7 Å². The lowest BCUT2D eigenvalue weighted by Crippen LogP contribution is -2.31. The number of aliphatic hydroxyl groups is 1. The molecule has 1 amide bonds. The molecule has 47 valence electrons. The van der Waals surface area contributed by atoms with Crippen molar-refractivity contribution < 1.29 is 9.90 Å². The van der Waals surface area contributed by atoms with Gasteiger partial charge in [0.25, 0.3) is 0 Å². The summed E-state index contributed by atoms with van der Waals surface area (Å²) < 4.78 is 0. The van der Waals surface area contributed by atoms with Crippen LogP contribution in [0.3, 0.4) is 0 Å². The minimum absolute atomic E-state index is 0.187. The summed E-state index contributed by atoms with van der Waals surface area (Å²) in [6, 6.07) is 0. The maximum Gasteiger partial charge on any atom is 0.221 e. The summed E-state index contributed by atoms with van der Waals surface area (Å²) in [6.45, 7) is 4.86. The van der Waals surface area contributed by atoms with E-state index in [1.54, 1.807) is 6.92 Å². The molecule has 0 spiro atoms. The van der Waals surface area contributed by atoms with Crippen molar-refractivity contribution in [2.45, 2.75) is 19.6 Å². The third-order valence-electron chi connectivity index (χ3n) is 0.649. The first-order chi connectivity index (χ1) is 3.66. The van der Waals surface area contributed by atoms with Crippen molar-refractivity contribution >= 4 is 5.91 Å². The Bertz CT molecular complexity index is 80.5. The lowest BCUT2D eigenvalue weighted by atomic mass is 10.4. The second kappa shape index (κ2) is 3.43. The van der Waals surface area contributed by atoms with Crippen molar-refractivity contribution in [2.24, 2.45) is 0 Å². The second-order valence-electron chi connectivity index (χ2n) is 1.44. The average Bonchev–Trinajstić information content (AvgIpc) is 1.65. The van der Waals surface area contributed by atoms with Gasteiger partial charge in [-0.05, 0) is 6.92 Å². The average molecular weight is 116 g/mol. The summed E-state index contributed by atoms with van der Waals surface area (Å²) in [5.41, 5.74) is 0. The number of hydrogen-bond donors (Lipinski definition) is 2. The van der Waals surface area contributed by atoms with Crippen molar-refractivity contribution in [3.63, 3.8) is 0 Å². The Balaban J connectivity index is 3.25. The van der Waals surface area contributed by atoms with E-state index < -0.39 is 6.23 Å². The van der Waals surface area contributed by atoms with Crippen LogP contribution < -0.4 is 5.32 Å². The third kappa shape index (κ3) is 3.61. The summed E-state index contributed by atoms with van der Waals surface area (Å²) in [5.74, 6) is -0.187. The molecule has 3 nitrogen and oxygen atoms in total. The van der Waals surface area contributed by atoms with Gasteiger partial charge in [0.1, 0.15) is 6.23 Å². The predicted molar refractivity (Wildman–Crippen MR) is 29.8 cm³/mol. The number of carbonyl (C=O) groups is 1. The van der Waals surface area contributed by atoms with E-state index in [0.717, 1.165) is 0 Å². The molecule has 0 aliphatic carbocycles. The SMILES string of the molecule is [CH2]C(O)NC(=O)CC. The van der Waals surface area contributed by atoms with Gasteiger partial charge in [-0.2, -0.15) is 0 Å². The standard InChI is InChI=1S/C5H10NO2/c1-3-5(8)6-4(2)7/h4,7H,2-3H2,1H3,(H,6,8). The highest BCUT2D eigenvalue weighted by Crippen LogP contribution is 1.76. The smallest absolute Gasteiger partial charge is 0.221 e. The van der Waals surface area contributed by atoms with E-state index in [2.05, 4.69) is 12.2 Å². The Morgan fingerprint density at radius 1 is 2.00 bits per heavy atom. The van der Waals surface area contributed by atoms with E-state index >= 15 is 0 Å². The molecule has 1 radical (unpaired) electrons. The molecule has 0 saturated carbocycles. The molecular formula is C5H10NO2. The molecule has 0 aromatic heterocycles. The van der Waals surface area contributed by atoms with Crippen LogP contribution in [0.5, 0.6) is 0 Å². The molecule has 0 rings (SSSR count). The van der Waals surface area contributed by atoms with Gasteiger partial charge >= 0.3 is 0 Å². The van der Waals surface area contributed by atoms with E-state index in [9.17, 15) is 4.79 Å². The summed E-state index contributed by atoms with van der Waals surface area (Å²) >= 11 is 0. The number of amides is 1. The van der Waals surface area contributed by atoms with Crippen molar-refractivity contribution in [1.82, 2.24) is 5.32 Å². The predicted octanol–water partition coefficient (Wildman–Crippen LogP) is -0.335. The number of carbonyl (C=O) groups excluding carboxylic acids is 1. The highest BCUT2D eigenvalue weighted by Gasteiger charge is 1.97. The normalized spacial score (nSPS) is 12.9. The van der Waals surface area contributed by atoms with E-state index in [1.807, 2.05) is 0 Å². The van der Waals surface area contributed by atoms with Crippen molar-refractivity contribution in [3.8, 4) is 0 Å². The highest BCUT2D eigenvalue weighted by atomic mass is 16.3. The van der Waals surface area contributed by atoms with Gasteiger partial charge < -0.3 is 10.4 Å². The minimum atomic E-state index is -0.970. The Hall–Kier alpha value is -0.570. The Morgan fingerprint density at radius 3 is 2.62 bits per heavy atom. The second-order valence-corrected chi connectivity index (χ2v) is 1.44. The van der Waals surface area contributed by atoms with Crippen molar-refractivity contribution in [1.29, 1.82) is 0 Å². The molecule has 0 bridgehead atoms. The fourth-order valence-electron chi connectivity index (χ4n) is 0.288. The first kappa shape index (κ1) is 7.43. The van der Waals surface area contributed by atoms with Crippen LogP contribution in [-0.4, -0.2) is 17.2 Å². The third-order valence-corrected chi connectivity index (χ3v) is 0.649. The van der Waals surface area contributed by atoms with Crippen LogP contribution in [-0.2, 0) is 4.79 Å². The zero-order valence-corrected chi connectivity index (χ0v) is 4.85. The molecule has 8 heavy (non-hydrogen) atoms. The number of aliphatic hydroxyl groups excluding tert-OH is 1. The van der Waals surface area contributed by atoms with Crippen LogP contribution in [0.4, 0.5) is 0 Å². The lowest BCUT2D eigenvalue weighted by molar-refractivity contribution is -0.122. The fourth-order valence-corrected chi connectivity index (χ4v) is 0.288. The summed E-state index contributed by atoms with van der Waals surface area (Å²) in [4.78, 5) is 10.3. The van der Waals surface area contributed by atoms with Gasteiger partial charge in [0.15, 0.2) is 0 Å². The van der Waals surface area contributed by atoms with Gasteiger partial charge in [0.05, 0.1) is 0 Å². The molecule has 2 N–H and O–H groups in total. The Kier molecular flexibility index (Phi) is 3.19. The number of hydrogen-bond acceptors (Lipinski definition) is 2. The van der Waals surface area contributed by atoms with Gasteiger partial charge in [-0.1, -0.05) is 6.92 Å². The molecule has 3 heteroatoms. The molecular weight excluding hydrogens is 106 g/mol. The zero-order chi connectivity index (χ0) is 6.57. The molecule has 0 aromatic carbocycles. The minimum Gasteiger partial charge on any atom is -0.374 e. The summed E-state index contributed by atoms with van der Waals surface area (Å²) in [5, 5.41) is 10.6. The van der Waals surface area contributed by atoms with E-state index in [1.165, 1.54) is 0 Å². The van der Waals surface area contributed by atoms with Crippen LogP contribution >= 0.6 is 0 Å². The van der Waals surface area contributed by atoms with E-state index in [4.69, 9.17) is 5.11 Å². The maximum absolute atomic E-state index is 10.3. The molecule has 0 aromatic rings. The molecule has 0 aliphatic heterocycles. The van der Waals surface area contributed by atoms with Crippen LogP contribution in [0.15, 0.2) is 0 Å². The van der Waals surface area contributed by atoms with Gasteiger partial charge in [-0.3, -0.25) is 4.79 Å². The first-order valence-electron chi connectivity index (χ1n) is 2.47. The maximum atomic E-state index is 10.3. The molecule has 0 aliphatic rings. The highest BCUT2D eigenvalue weighted by molar-refractivity contribution is 5.75. The first-order valence-corrected chi connectivity index (χ1v) is 2.47. The van der Waals surface area contributed by atoms with Crippen molar-refractivity contribution in [2.75, 3.05) is 0 Å². The van der Waals surface area contributed by atoms with Crippen LogP contribution in [0.2, 0.25) is 0 Å². The van der Waals surface area contributed by atoms with Gasteiger partial charge in [-0.25, -0.2) is 0 Å². The quantitative estimate of drug-likeness (QED) is 0.485. The topological polar surface area (TPSA) is 49.3 Å². The monoisotopic (exact) mass is 116 g/mol. The lowest BCUT2D eigenvalue weighted by Gasteiger charge is -2.03. The van der Waals surface area contributed by atoms with Gasteiger partial charge in [-0.15, -0.1) is 0 Å². The van der Waals surface area contributed by atoms with Crippen molar-refractivity contribution in [3.05, 3.63) is 6.92 Å². The van der Waals surface area contributed by atoms with E-state index in [-0.39, 0.29) is 5.91 Å². The zero-order valence-electron chi connectivity index (χ0n) is 4.85. The molecule has 1 unspecified atom stereocenters. The molecule has 0 saturated heterocycles. The van der Waals surface area contributed by atoms with Crippen LogP contribution in [0, 0.1) is 6.92 Å². The molecule has 0 heterocycles. The van der Waals surface area contributed by atoms with Crippen LogP contribution in [0.1, 0.15) is 13.3 Å². The van der Waals surface area contributed by atoms with Gasteiger partial charge in [0, 0.05) is 6.42 Å². The summed E-state index contributed by atoms with van der Waals surface area (Å²) in [6.07, 6.45) is -0.588. The Morgan fingerprint density at radius 2 is 2.50 bits per heavy atom. The molecule has 0 fully saturated rings. The van der Waals surface area contributed by atoms with Crippen LogP contribution in [0.25, 0.3) is 0 Å². The van der Waals surface area contributed by atoms with E-state index in [0.29, 0.717) is 6.42 Å².